The molecule has 22 heavy (non-hydrogen) atoms. The van der Waals surface area contributed by atoms with Crippen molar-refractivity contribution in [3.05, 3.63) is 23.5 Å². The van der Waals surface area contributed by atoms with Crippen molar-refractivity contribution in [1.29, 1.82) is 0 Å². The molecule has 0 radical (unpaired) electrons. The van der Waals surface area contributed by atoms with Gasteiger partial charge < -0.3 is 5.11 Å². The maximum absolute atomic E-state index is 12.9. The summed E-state index contributed by atoms with van der Waals surface area (Å²) in [4.78, 5) is 4.02. The second kappa shape index (κ2) is 6.43. The van der Waals surface area contributed by atoms with Gasteiger partial charge in [-0.3, -0.25) is 4.98 Å². The zero-order chi connectivity index (χ0) is 15.7. The van der Waals surface area contributed by atoms with E-state index in [1.54, 1.807) is 4.31 Å². The van der Waals surface area contributed by atoms with Crippen molar-refractivity contribution >= 4 is 21.6 Å². The summed E-state index contributed by atoms with van der Waals surface area (Å²) in [5.74, 6) is 0.0400. The third-order valence-electron chi connectivity index (χ3n) is 4.81. The summed E-state index contributed by atoms with van der Waals surface area (Å²) in [5.41, 5.74) is 0. The second-order valence-corrected chi connectivity index (χ2v) is 8.51. The van der Waals surface area contributed by atoms with E-state index < -0.39 is 16.1 Å². The van der Waals surface area contributed by atoms with Crippen LogP contribution in [-0.4, -0.2) is 41.5 Å². The number of nitrogens with zero attached hydrogens (tertiary/aromatic N) is 2. The van der Waals surface area contributed by atoms with E-state index in [4.69, 9.17) is 11.6 Å². The van der Waals surface area contributed by atoms with Gasteiger partial charge in [-0.1, -0.05) is 24.4 Å². The summed E-state index contributed by atoms with van der Waals surface area (Å²) >= 11 is 5.88. The molecule has 0 aromatic carbocycles. The largest absolute Gasteiger partial charge is 0.393 e. The summed E-state index contributed by atoms with van der Waals surface area (Å²) in [6.45, 7) is 0.503. The van der Waals surface area contributed by atoms with Crippen LogP contribution in [0, 0.1) is 5.92 Å². The lowest BCUT2D eigenvalue weighted by atomic mass is 9.81. The van der Waals surface area contributed by atoms with Crippen LogP contribution in [0.5, 0.6) is 0 Å². The highest BCUT2D eigenvalue weighted by Crippen LogP contribution is 2.37. The van der Waals surface area contributed by atoms with Crippen LogP contribution in [0.3, 0.4) is 0 Å². The average molecular weight is 345 g/mol. The molecule has 1 N–H and O–H groups in total. The van der Waals surface area contributed by atoms with Gasteiger partial charge in [0, 0.05) is 30.9 Å². The van der Waals surface area contributed by atoms with Crippen LogP contribution in [0.1, 0.15) is 38.5 Å². The van der Waals surface area contributed by atoms with Crippen LogP contribution in [0.2, 0.25) is 5.02 Å². The maximum atomic E-state index is 12.9. The molecule has 122 valence electrons. The number of pyridine rings is 1. The molecule has 7 heteroatoms. The fourth-order valence-electron chi connectivity index (χ4n) is 3.75. The first-order valence-corrected chi connectivity index (χ1v) is 9.62. The number of halogens is 1. The Kier molecular flexibility index (Phi) is 4.73. The summed E-state index contributed by atoms with van der Waals surface area (Å²) in [6.07, 6.45) is 7.77. The van der Waals surface area contributed by atoms with Crippen LogP contribution in [0.4, 0.5) is 0 Å². The number of hydrogen-bond acceptors (Lipinski definition) is 4. The van der Waals surface area contributed by atoms with Gasteiger partial charge in [0.05, 0.1) is 11.1 Å². The van der Waals surface area contributed by atoms with E-state index in [0.717, 1.165) is 38.5 Å². The van der Waals surface area contributed by atoms with Crippen molar-refractivity contribution in [1.82, 2.24) is 9.29 Å². The molecule has 5 nitrogen and oxygen atoms in total. The minimum Gasteiger partial charge on any atom is -0.393 e. The molecule has 1 aromatic rings. The fourth-order valence-corrected chi connectivity index (χ4v) is 5.72. The average Bonchev–Trinajstić information content (AvgIpc) is 2.98. The molecule has 1 saturated carbocycles. The Balaban J connectivity index is 1.89. The highest BCUT2D eigenvalue weighted by Gasteiger charge is 2.42. The van der Waals surface area contributed by atoms with Gasteiger partial charge >= 0.3 is 0 Å². The molecule has 1 aliphatic heterocycles. The first-order valence-electron chi connectivity index (χ1n) is 7.80. The number of sulfonamides is 1. The minimum absolute atomic E-state index is 0.0400. The van der Waals surface area contributed by atoms with Gasteiger partial charge in [0.15, 0.2) is 0 Å². The van der Waals surface area contributed by atoms with E-state index in [9.17, 15) is 13.5 Å². The summed E-state index contributed by atoms with van der Waals surface area (Å²) < 4.78 is 27.3. The Bertz CT molecular complexity index is 637. The van der Waals surface area contributed by atoms with Gasteiger partial charge in [-0.15, -0.1) is 0 Å². The van der Waals surface area contributed by atoms with Crippen molar-refractivity contribution < 1.29 is 13.5 Å². The molecule has 1 aliphatic carbocycles. The Morgan fingerprint density at radius 3 is 2.68 bits per heavy atom. The van der Waals surface area contributed by atoms with Crippen molar-refractivity contribution in [2.45, 2.75) is 55.6 Å². The normalized spacial score (nSPS) is 30.5. The Hall–Kier alpha value is -0.690. The van der Waals surface area contributed by atoms with Crippen molar-refractivity contribution in [2.75, 3.05) is 6.54 Å². The lowest BCUT2D eigenvalue weighted by molar-refractivity contribution is 0.0386. The molecule has 1 saturated heterocycles. The van der Waals surface area contributed by atoms with Crippen molar-refractivity contribution in [3.8, 4) is 0 Å². The van der Waals surface area contributed by atoms with Crippen LogP contribution >= 0.6 is 11.6 Å². The molecule has 0 amide bonds. The number of aromatic nitrogens is 1. The molecular formula is C15H21ClN2O3S. The van der Waals surface area contributed by atoms with E-state index in [-0.39, 0.29) is 16.9 Å². The lowest BCUT2D eigenvalue weighted by Gasteiger charge is -2.36. The highest BCUT2D eigenvalue weighted by atomic mass is 35.5. The van der Waals surface area contributed by atoms with Gasteiger partial charge in [-0.25, -0.2) is 8.42 Å². The van der Waals surface area contributed by atoms with E-state index in [0.29, 0.717) is 11.6 Å². The lowest BCUT2D eigenvalue weighted by Crippen LogP contribution is -2.45. The number of aliphatic hydroxyl groups excluding tert-OH is 1. The Morgan fingerprint density at radius 2 is 1.95 bits per heavy atom. The standard InChI is InChI=1S/C15H21ClN2O3S/c16-11-8-12(10-17-9-11)22(20,21)18-7-3-5-14(18)13-4-1-2-6-15(13)19/h8-10,13-15,19H,1-7H2/t13-,14+,15-/m0/s1. The van der Waals surface area contributed by atoms with Crippen molar-refractivity contribution in [2.24, 2.45) is 5.92 Å². The fraction of sp³-hybridized carbons (Fsp3) is 0.667. The Morgan fingerprint density at radius 1 is 1.18 bits per heavy atom. The van der Waals surface area contributed by atoms with Crippen LogP contribution in [0.15, 0.2) is 23.4 Å². The summed E-state index contributed by atoms with van der Waals surface area (Å²) in [7, 11) is -3.61. The maximum Gasteiger partial charge on any atom is 0.244 e. The van der Waals surface area contributed by atoms with Crippen LogP contribution in [0.25, 0.3) is 0 Å². The number of hydrogen-bond donors (Lipinski definition) is 1. The van der Waals surface area contributed by atoms with Crippen LogP contribution < -0.4 is 0 Å². The van der Waals surface area contributed by atoms with Crippen molar-refractivity contribution in [3.63, 3.8) is 0 Å². The van der Waals surface area contributed by atoms with Gasteiger partial charge in [0.2, 0.25) is 10.0 Å². The SMILES string of the molecule is O=S(=O)(c1cncc(Cl)c1)N1CCC[C@@H]1[C@@H]1CCCC[C@@H]1O. The topological polar surface area (TPSA) is 70.5 Å². The minimum atomic E-state index is -3.61. The number of aliphatic hydroxyl groups is 1. The van der Waals surface area contributed by atoms with Crippen LogP contribution in [-0.2, 0) is 10.0 Å². The molecule has 1 aromatic heterocycles. The molecular weight excluding hydrogens is 324 g/mol. The molecule has 3 atom stereocenters. The van der Waals surface area contributed by atoms with E-state index in [1.165, 1.54) is 18.5 Å². The zero-order valence-corrected chi connectivity index (χ0v) is 13.9. The van der Waals surface area contributed by atoms with Gasteiger partial charge in [-0.05, 0) is 31.7 Å². The van der Waals surface area contributed by atoms with Gasteiger partial charge in [-0.2, -0.15) is 4.31 Å². The molecule has 0 spiro atoms. The smallest absolute Gasteiger partial charge is 0.244 e. The first-order chi connectivity index (χ1) is 10.5. The molecule has 3 rings (SSSR count). The van der Waals surface area contributed by atoms with E-state index in [2.05, 4.69) is 4.98 Å². The summed E-state index contributed by atoms with van der Waals surface area (Å²) in [5, 5.41) is 10.6. The molecule has 2 fully saturated rings. The molecule has 2 heterocycles. The third-order valence-corrected chi connectivity index (χ3v) is 6.91. The second-order valence-electron chi connectivity index (χ2n) is 6.18. The van der Waals surface area contributed by atoms with Gasteiger partial charge in [0.25, 0.3) is 0 Å². The predicted octanol–water partition coefficient (Wildman–Crippen LogP) is 2.44. The first kappa shape index (κ1) is 16.2. The zero-order valence-electron chi connectivity index (χ0n) is 12.4. The molecule has 0 unspecified atom stereocenters. The quantitative estimate of drug-likeness (QED) is 0.914. The van der Waals surface area contributed by atoms with E-state index in [1.807, 2.05) is 0 Å². The Labute approximate surface area is 136 Å². The predicted molar refractivity (Wildman–Crippen MR) is 84.1 cm³/mol. The number of rotatable bonds is 3. The molecule has 2 aliphatic rings. The van der Waals surface area contributed by atoms with Gasteiger partial charge in [0.1, 0.15) is 4.90 Å². The monoisotopic (exact) mass is 344 g/mol. The van der Waals surface area contributed by atoms with E-state index >= 15 is 0 Å². The molecule has 0 bridgehead atoms. The summed E-state index contributed by atoms with van der Waals surface area (Å²) in [6, 6.07) is 1.33. The third kappa shape index (κ3) is 3.02. The highest BCUT2D eigenvalue weighted by molar-refractivity contribution is 7.89.